The van der Waals surface area contributed by atoms with Crippen LogP contribution in [-0.2, 0) is 9.59 Å². The van der Waals surface area contributed by atoms with Crippen LogP contribution in [0.5, 0.6) is 0 Å². The van der Waals surface area contributed by atoms with E-state index in [-0.39, 0.29) is 21.2 Å². The zero-order valence-electron chi connectivity index (χ0n) is 15.5. The van der Waals surface area contributed by atoms with Crippen LogP contribution in [0.2, 0.25) is 10.0 Å². The van der Waals surface area contributed by atoms with Crippen LogP contribution >= 0.6 is 23.2 Å². The van der Waals surface area contributed by atoms with Gasteiger partial charge in [0, 0.05) is 24.0 Å². The van der Waals surface area contributed by atoms with Crippen molar-refractivity contribution in [3.63, 3.8) is 0 Å². The van der Waals surface area contributed by atoms with Gasteiger partial charge < -0.3 is 5.11 Å². The highest BCUT2D eigenvalue weighted by atomic mass is 35.5. The summed E-state index contributed by atoms with van der Waals surface area (Å²) in [6.07, 6.45) is 2.83. The number of anilines is 1. The summed E-state index contributed by atoms with van der Waals surface area (Å²) in [5.41, 5.74) is -0.249. The van der Waals surface area contributed by atoms with Gasteiger partial charge in [0.1, 0.15) is 17.4 Å². The molecule has 0 saturated carbocycles. The lowest BCUT2D eigenvalue weighted by Crippen LogP contribution is -2.30. The van der Waals surface area contributed by atoms with Crippen molar-refractivity contribution in [3.8, 4) is 0 Å². The van der Waals surface area contributed by atoms with E-state index in [4.69, 9.17) is 23.2 Å². The maximum atomic E-state index is 14.6. The highest BCUT2D eigenvalue weighted by molar-refractivity contribution is 6.51. The van der Waals surface area contributed by atoms with Gasteiger partial charge in [-0.25, -0.2) is 8.78 Å². The molecule has 1 unspecified atom stereocenters. The molecule has 5 nitrogen and oxygen atoms in total. The van der Waals surface area contributed by atoms with Crippen molar-refractivity contribution >= 4 is 46.3 Å². The number of pyridine rings is 1. The number of hydrogen-bond acceptors (Lipinski definition) is 4. The van der Waals surface area contributed by atoms with Crippen molar-refractivity contribution in [2.24, 2.45) is 0 Å². The molecule has 3 aromatic rings. The van der Waals surface area contributed by atoms with Gasteiger partial charge >= 0.3 is 0 Å². The Morgan fingerprint density at radius 3 is 2.35 bits per heavy atom. The molecule has 1 N–H and O–H groups in total. The van der Waals surface area contributed by atoms with Crippen molar-refractivity contribution in [1.82, 2.24) is 4.98 Å². The number of rotatable bonds is 3. The van der Waals surface area contributed by atoms with E-state index in [0.717, 1.165) is 23.1 Å². The Morgan fingerprint density at radius 1 is 0.968 bits per heavy atom. The SMILES string of the molecule is O=C1C(=O)N(c2cc(F)ccc2F)C(c2ccncc2)/C1=C(\O)c1ccc(Cl)c(Cl)c1. The minimum absolute atomic E-state index is 0.122. The van der Waals surface area contributed by atoms with Gasteiger partial charge in [0.15, 0.2) is 0 Å². The zero-order chi connectivity index (χ0) is 22.3. The summed E-state index contributed by atoms with van der Waals surface area (Å²) in [7, 11) is 0. The zero-order valence-corrected chi connectivity index (χ0v) is 17.0. The second kappa shape index (κ2) is 8.09. The minimum Gasteiger partial charge on any atom is -0.507 e. The van der Waals surface area contributed by atoms with Gasteiger partial charge in [-0.3, -0.25) is 19.5 Å². The third kappa shape index (κ3) is 3.66. The molecule has 31 heavy (non-hydrogen) atoms. The first-order chi connectivity index (χ1) is 14.8. The first-order valence-corrected chi connectivity index (χ1v) is 9.66. The molecule has 1 aliphatic heterocycles. The van der Waals surface area contributed by atoms with E-state index >= 15 is 0 Å². The number of Topliss-reactive ketones (excluding diaryl/α,β-unsaturated/α-hetero) is 1. The van der Waals surface area contributed by atoms with Gasteiger partial charge in [-0.1, -0.05) is 23.2 Å². The fourth-order valence-electron chi connectivity index (χ4n) is 3.41. The van der Waals surface area contributed by atoms with Crippen molar-refractivity contribution in [1.29, 1.82) is 0 Å². The van der Waals surface area contributed by atoms with Crippen LogP contribution in [0.1, 0.15) is 17.2 Å². The van der Waals surface area contributed by atoms with Gasteiger partial charge in [-0.15, -0.1) is 0 Å². The first-order valence-electron chi connectivity index (χ1n) is 8.91. The molecule has 2 heterocycles. The smallest absolute Gasteiger partial charge is 0.300 e. The second-order valence-corrected chi connectivity index (χ2v) is 7.49. The van der Waals surface area contributed by atoms with Crippen LogP contribution < -0.4 is 4.90 Å². The predicted octanol–water partition coefficient (Wildman–Crippen LogP) is 5.29. The topological polar surface area (TPSA) is 70.5 Å². The van der Waals surface area contributed by atoms with Crippen LogP contribution in [0.3, 0.4) is 0 Å². The largest absolute Gasteiger partial charge is 0.507 e. The molecule has 1 atom stereocenters. The molecule has 1 saturated heterocycles. The Kier molecular flexibility index (Phi) is 5.47. The fourth-order valence-corrected chi connectivity index (χ4v) is 3.71. The Bertz CT molecular complexity index is 1250. The predicted molar refractivity (Wildman–Crippen MR) is 112 cm³/mol. The molecule has 1 aromatic heterocycles. The molecule has 1 amide bonds. The minimum atomic E-state index is -1.23. The van der Waals surface area contributed by atoms with Crippen molar-refractivity contribution in [2.75, 3.05) is 4.90 Å². The van der Waals surface area contributed by atoms with Crippen LogP contribution in [0, 0.1) is 11.6 Å². The van der Waals surface area contributed by atoms with Crippen LogP contribution in [-0.4, -0.2) is 21.8 Å². The van der Waals surface area contributed by atoms with E-state index in [1.54, 1.807) is 0 Å². The quantitative estimate of drug-likeness (QED) is 0.327. The van der Waals surface area contributed by atoms with Gasteiger partial charge in [-0.2, -0.15) is 0 Å². The van der Waals surface area contributed by atoms with Gasteiger partial charge in [0.2, 0.25) is 0 Å². The Balaban J connectivity index is 1.98. The summed E-state index contributed by atoms with van der Waals surface area (Å²) >= 11 is 11.9. The van der Waals surface area contributed by atoms with Crippen molar-refractivity contribution in [3.05, 3.63) is 99.3 Å². The number of amides is 1. The van der Waals surface area contributed by atoms with Crippen LogP contribution in [0.15, 0.2) is 66.5 Å². The number of nitrogens with zero attached hydrogens (tertiary/aromatic N) is 2. The molecule has 2 aromatic carbocycles. The monoisotopic (exact) mass is 460 g/mol. The number of hydrogen-bond donors (Lipinski definition) is 1. The van der Waals surface area contributed by atoms with E-state index in [2.05, 4.69) is 4.98 Å². The average Bonchev–Trinajstić information content (AvgIpc) is 3.02. The number of ketones is 1. The van der Waals surface area contributed by atoms with Gasteiger partial charge in [0.05, 0.1) is 27.3 Å². The number of aliphatic hydroxyl groups is 1. The van der Waals surface area contributed by atoms with E-state index in [1.165, 1.54) is 42.7 Å². The third-order valence-electron chi connectivity index (χ3n) is 4.83. The van der Waals surface area contributed by atoms with Gasteiger partial charge in [0.25, 0.3) is 11.7 Å². The lowest BCUT2D eigenvalue weighted by molar-refractivity contribution is -0.132. The molecule has 0 radical (unpaired) electrons. The lowest BCUT2D eigenvalue weighted by atomic mass is 9.95. The number of halogens is 4. The van der Waals surface area contributed by atoms with Gasteiger partial charge in [-0.05, 0) is 48.0 Å². The molecule has 9 heteroatoms. The number of carbonyl (C=O) groups excluding carboxylic acids is 2. The standard InChI is InChI=1S/C22H12Cl2F2N2O3/c23-14-3-1-12(9-15(14)24)20(29)18-19(11-5-7-27-8-6-11)28(22(31)21(18)30)17-10-13(25)2-4-16(17)26/h1-10,19,29H/b20-18+. The number of aliphatic hydroxyl groups excluding tert-OH is 1. The Hall–Kier alpha value is -3.29. The van der Waals surface area contributed by atoms with E-state index < -0.39 is 40.8 Å². The van der Waals surface area contributed by atoms with E-state index in [1.807, 2.05) is 0 Å². The van der Waals surface area contributed by atoms with E-state index in [0.29, 0.717) is 5.56 Å². The molecule has 0 spiro atoms. The van der Waals surface area contributed by atoms with E-state index in [9.17, 15) is 23.5 Å². The van der Waals surface area contributed by atoms with Crippen molar-refractivity contribution < 1.29 is 23.5 Å². The third-order valence-corrected chi connectivity index (χ3v) is 5.57. The van der Waals surface area contributed by atoms with Crippen LogP contribution in [0.4, 0.5) is 14.5 Å². The number of aromatic nitrogens is 1. The molecule has 0 bridgehead atoms. The normalized spacial score (nSPS) is 17.9. The number of carbonyl (C=O) groups is 2. The maximum absolute atomic E-state index is 14.6. The second-order valence-electron chi connectivity index (χ2n) is 6.67. The number of benzene rings is 2. The highest BCUT2D eigenvalue weighted by Crippen LogP contribution is 2.43. The van der Waals surface area contributed by atoms with Crippen molar-refractivity contribution in [2.45, 2.75) is 6.04 Å². The molecule has 1 fully saturated rings. The first kappa shape index (κ1) is 21.0. The molecule has 156 valence electrons. The molecule has 0 aliphatic carbocycles. The lowest BCUT2D eigenvalue weighted by Gasteiger charge is -2.25. The Labute approximate surface area is 185 Å². The molecular formula is C22H12Cl2F2N2O3. The molecular weight excluding hydrogens is 449 g/mol. The average molecular weight is 461 g/mol. The molecule has 4 rings (SSSR count). The molecule has 1 aliphatic rings. The fraction of sp³-hybridized carbons (Fsp3) is 0.0455. The highest BCUT2D eigenvalue weighted by Gasteiger charge is 2.47. The summed E-state index contributed by atoms with van der Waals surface area (Å²) in [4.78, 5) is 30.6. The summed E-state index contributed by atoms with van der Waals surface area (Å²) < 4.78 is 28.4. The summed E-state index contributed by atoms with van der Waals surface area (Å²) in [5, 5.41) is 11.3. The summed E-state index contributed by atoms with van der Waals surface area (Å²) in [5.74, 6) is -4.41. The summed E-state index contributed by atoms with van der Waals surface area (Å²) in [6, 6.07) is 8.51. The maximum Gasteiger partial charge on any atom is 0.300 e. The Morgan fingerprint density at radius 2 is 1.68 bits per heavy atom. The summed E-state index contributed by atoms with van der Waals surface area (Å²) in [6.45, 7) is 0. The van der Waals surface area contributed by atoms with Crippen LogP contribution in [0.25, 0.3) is 5.76 Å².